The Kier molecular flexibility index (Phi) is 7.05. The number of hydrogen-bond donors (Lipinski definition) is 2. The van der Waals surface area contributed by atoms with E-state index in [1.807, 2.05) is 0 Å². The minimum absolute atomic E-state index is 0.138. The maximum Gasteiger partial charge on any atom is 0.337 e. The summed E-state index contributed by atoms with van der Waals surface area (Å²) < 4.78 is 13.5. The fourth-order valence-electron chi connectivity index (χ4n) is 3.65. The molecule has 2 aromatic rings. The number of anilines is 1. The van der Waals surface area contributed by atoms with Gasteiger partial charge < -0.3 is 15.3 Å². The summed E-state index contributed by atoms with van der Waals surface area (Å²) in [5, 5.41) is 12.9. The summed E-state index contributed by atoms with van der Waals surface area (Å²) in [5.74, 6) is -0.653. The largest absolute Gasteiger partial charge is 0.478 e. The third kappa shape index (κ3) is 6.00. The van der Waals surface area contributed by atoms with Crippen LogP contribution in [0.15, 0.2) is 42.2 Å². The summed E-state index contributed by atoms with van der Waals surface area (Å²) >= 11 is 0. The number of carbonyl (C=O) groups is 1. The third-order valence-electron chi connectivity index (χ3n) is 5.08. The molecule has 0 bridgehead atoms. The Bertz CT molecular complexity index is 917. The van der Waals surface area contributed by atoms with Crippen LogP contribution in [0.2, 0.25) is 19.6 Å². The lowest BCUT2D eigenvalue weighted by atomic mass is 9.98. The molecule has 0 radical (unpaired) electrons. The van der Waals surface area contributed by atoms with Crippen LogP contribution in [0.4, 0.5) is 10.2 Å². The van der Waals surface area contributed by atoms with Gasteiger partial charge in [0.15, 0.2) is 0 Å². The minimum Gasteiger partial charge on any atom is -0.478 e. The lowest BCUT2D eigenvalue weighted by Gasteiger charge is -2.20. The molecule has 0 saturated carbocycles. The first kappa shape index (κ1) is 22.2. The van der Waals surface area contributed by atoms with Gasteiger partial charge in [-0.1, -0.05) is 37.5 Å². The number of halogens is 1. The maximum absolute atomic E-state index is 13.5. The molecular weight excluding hydrogens is 397 g/mol. The van der Waals surface area contributed by atoms with Gasteiger partial charge in [-0.15, -0.1) is 0 Å². The smallest absolute Gasteiger partial charge is 0.337 e. The lowest BCUT2D eigenvalue weighted by Crippen LogP contribution is -2.26. The number of nitrogens with one attached hydrogen (secondary N) is 1. The van der Waals surface area contributed by atoms with Crippen LogP contribution < -0.4 is 5.32 Å². The molecule has 1 aromatic heterocycles. The quantitative estimate of drug-likeness (QED) is 0.596. The summed E-state index contributed by atoms with van der Waals surface area (Å²) in [6, 6.07) is 8.01. The fraction of sp³-hybridized carbons (Fsp3) is 0.391. The molecule has 7 heteroatoms. The standard InChI is InChI=1S/C23H30FN3O2Si/c1-30(2,3)16-21(17-6-8-19(24)9-7-17)20-14-18(23(28)29)15-26-22(20)25-10-13-27-11-4-5-12-27/h6-9,14-16H,4-5,10-13H2,1-3H3,(H,25,26)(H,28,29). The second-order valence-corrected chi connectivity index (χ2v) is 13.9. The van der Waals surface area contributed by atoms with Gasteiger partial charge >= 0.3 is 5.97 Å². The molecule has 1 aromatic carbocycles. The van der Waals surface area contributed by atoms with Crippen molar-refractivity contribution in [3.63, 3.8) is 0 Å². The van der Waals surface area contributed by atoms with E-state index in [1.54, 1.807) is 18.2 Å². The molecule has 1 aliphatic heterocycles. The van der Waals surface area contributed by atoms with Crippen LogP contribution in [-0.4, -0.2) is 55.2 Å². The molecule has 2 heterocycles. The number of nitrogens with zero attached hydrogens (tertiary/aromatic N) is 2. The second-order valence-electron chi connectivity index (χ2n) is 8.83. The van der Waals surface area contributed by atoms with Gasteiger partial charge in [-0.25, -0.2) is 14.2 Å². The van der Waals surface area contributed by atoms with Crippen molar-refractivity contribution in [3.05, 3.63) is 64.7 Å². The molecular formula is C23H30FN3O2Si. The number of aromatic carboxylic acids is 1. The first-order chi connectivity index (χ1) is 14.2. The average Bonchev–Trinajstić information content (AvgIpc) is 3.20. The molecule has 3 rings (SSSR count). The summed E-state index contributed by atoms with van der Waals surface area (Å²) in [5.41, 5.74) is 4.84. The van der Waals surface area contributed by atoms with Crippen molar-refractivity contribution in [2.24, 2.45) is 0 Å². The summed E-state index contributed by atoms with van der Waals surface area (Å²) in [6.45, 7) is 10.5. The SMILES string of the molecule is C[Si](C)(C)C=C(c1ccc(F)cc1)c1cc(C(=O)O)cnc1NCCN1CCCC1. The molecule has 2 N–H and O–H groups in total. The van der Waals surface area contributed by atoms with Crippen LogP contribution in [0.3, 0.4) is 0 Å². The number of pyridine rings is 1. The first-order valence-corrected chi connectivity index (χ1v) is 14.0. The highest BCUT2D eigenvalue weighted by Gasteiger charge is 2.19. The van der Waals surface area contributed by atoms with E-state index >= 15 is 0 Å². The Labute approximate surface area is 178 Å². The number of hydrogen-bond acceptors (Lipinski definition) is 4. The molecule has 1 fully saturated rings. The number of carboxylic acid groups (broad SMARTS) is 1. The second kappa shape index (κ2) is 9.53. The van der Waals surface area contributed by atoms with E-state index in [0.29, 0.717) is 5.82 Å². The topological polar surface area (TPSA) is 65.5 Å². The molecule has 1 aliphatic rings. The zero-order chi connectivity index (χ0) is 21.7. The molecule has 0 aliphatic carbocycles. The van der Waals surface area contributed by atoms with Crippen LogP contribution in [0.25, 0.3) is 5.57 Å². The van der Waals surface area contributed by atoms with E-state index in [0.717, 1.165) is 42.9 Å². The normalized spacial score (nSPS) is 15.4. The highest BCUT2D eigenvalue weighted by molar-refractivity contribution is 6.81. The molecule has 0 spiro atoms. The van der Waals surface area contributed by atoms with E-state index in [-0.39, 0.29) is 11.4 Å². The van der Waals surface area contributed by atoms with Crippen molar-refractivity contribution in [1.29, 1.82) is 0 Å². The van der Waals surface area contributed by atoms with Crippen LogP contribution in [0, 0.1) is 5.82 Å². The fourth-order valence-corrected chi connectivity index (χ4v) is 4.83. The van der Waals surface area contributed by atoms with Crippen molar-refractivity contribution in [1.82, 2.24) is 9.88 Å². The first-order valence-electron chi connectivity index (χ1n) is 10.4. The van der Waals surface area contributed by atoms with Crippen LogP contribution >= 0.6 is 0 Å². The lowest BCUT2D eigenvalue weighted by molar-refractivity contribution is 0.0696. The number of benzene rings is 1. The van der Waals surface area contributed by atoms with E-state index < -0.39 is 14.0 Å². The van der Waals surface area contributed by atoms with Crippen molar-refractivity contribution < 1.29 is 14.3 Å². The molecule has 0 unspecified atom stereocenters. The monoisotopic (exact) mass is 427 g/mol. The predicted octanol–water partition coefficient (Wildman–Crippen LogP) is 4.74. The van der Waals surface area contributed by atoms with E-state index in [9.17, 15) is 14.3 Å². The molecule has 160 valence electrons. The van der Waals surface area contributed by atoms with E-state index in [2.05, 4.69) is 40.5 Å². The zero-order valence-electron chi connectivity index (χ0n) is 17.9. The van der Waals surface area contributed by atoms with Gasteiger partial charge in [0.1, 0.15) is 11.6 Å². The Morgan fingerprint density at radius 2 is 1.87 bits per heavy atom. The van der Waals surface area contributed by atoms with Crippen molar-refractivity contribution in [2.45, 2.75) is 32.5 Å². The Balaban J connectivity index is 2.00. The van der Waals surface area contributed by atoms with Gasteiger partial charge in [0, 0.05) is 24.8 Å². The van der Waals surface area contributed by atoms with E-state index in [1.165, 1.54) is 31.2 Å². The Morgan fingerprint density at radius 1 is 1.20 bits per heavy atom. The summed E-state index contributed by atoms with van der Waals surface area (Å²) in [7, 11) is -1.69. The van der Waals surface area contributed by atoms with Gasteiger partial charge in [0.05, 0.1) is 13.6 Å². The van der Waals surface area contributed by atoms with Gasteiger partial charge in [-0.3, -0.25) is 0 Å². The number of likely N-dealkylation sites (tertiary alicyclic amines) is 1. The average molecular weight is 428 g/mol. The van der Waals surface area contributed by atoms with Gasteiger partial charge in [0.25, 0.3) is 0 Å². The van der Waals surface area contributed by atoms with Crippen molar-refractivity contribution in [2.75, 3.05) is 31.5 Å². The van der Waals surface area contributed by atoms with Gasteiger partial charge in [-0.05, 0) is 55.3 Å². The summed E-state index contributed by atoms with van der Waals surface area (Å²) in [6.07, 6.45) is 3.87. The molecule has 30 heavy (non-hydrogen) atoms. The molecule has 0 atom stereocenters. The molecule has 5 nitrogen and oxygen atoms in total. The van der Waals surface area contributed by atoms with Crippen LogP contribution in [0.5, 0.6) is 0 Å². The Morgan fingerprint density at radius 3 is 2.47 bits per heavy atom. The number of aromatic nitrogens is 1. The zero-order valence-corrected chi connectivity index (χ0v) is 18.9. The van der Waals surface area contributed by atoms with Gasteiger partial charge in [0.2, 0.25) is 0 Å². The highest BCUT2D eigenvalue weighted by Crippen LogP contribution is 2.31. The van der Waals surface area contributed by atoms with E-state index in [4.69, 9.17) is 0 Å². The minimum atomic E-state index is -1.69. The number of rotatable bonds is 8. The molecule has 0 amide bonds. The van der Waals surface area contributed by atoms with Crippen LogP contribution in [0.1, 0.15) is 34.3 Å². The number of carboxylic acids is 1. The Hall–Kier alpha value is -2.51. The van der Waals surface area contributed by atoms with Crippen LogP contribution in [-0.2, 0) is 0 Å². The summed E-state index contributed by atoms with van der Waals surface area (Å²) in [4.78, 5) is 18.5. The molecule has 1 saturated heterocycles. The van der Waals surface area contributed by atoms with Crippen molar-refractivity contribution in [3.8, 4) is 0 Å². The highest BCUT2D eigenvalue weighted by atomic mass is 28.3. The van der Waals surface area contributed by atoms with Gasteiger partial charge in [-0.2, -0.15) is 0 Å². The maximum atomic E-state index is 13.5. The van der Waals surface area contributed by atoms with Crippen molar-refractivity contribution >= 4 is 25.4 Å². The third-order valence-corrected chi connectivity index (χ3v) is 6.23. The predicted molar refractivity (Wildman–Crippen MR) is 122 cm³/mol.